The topological polar surface area (TPSA) is 61.7 Å². The zero-order valence-electron chi connectivity index (χ0n) is 10.7. The number of nitrogens with zero attached hydrogens (tertiary/aromatic N) is 3. The highest BCUT2D eigenvalue weighted by Gasteiger charge is 2.22. The van der Waals surface area contributed by atoms with Gasteiger partial charge in [-0.1, -0.05) is 0 Å². The molecule has 1 heterocycles. The zero-order chi connectivity index (χ0) is 13.1. The molecule has 0 spiro atoms. The van der Waals surface area contributed by atoms with E-state index < -0.39 is 0 Å². The molecule has 6 heteroatoms. The Labute approximate surface area is 106 Å². The SMILES string of the molecule is CNc1ccc([N+](=O)[O-])c(N2CCN(C)CC2)c1. The smallest absolute Gasteiger partial charge is 0.292 e. The third kappa shape index (κ3) is 2.53. The molecular formula is C12H18N4O2. The lowest BCUT2D eigenvalue weighted by atomic mass is 10.2. The maximum Gasteiger partial charge on any atom is 0.292 e. The Kier molecular flexibility index (Phi) is 3.66. The van der Waals surface area contributed by atoms with Crippen molar-refractivity contribution in [1.29, 1.82) is 0 Å². The van der Waals surface area contributed by atoms with Crippen molar-refractivity contribution in [1.82, 2.24) is 4.90 Å². The molecule has 2 rings (SSSR count). The summed E-state index contributed by atoms with van der Waals surface area (Å²) in [5, 5.41) is 14.1. The summed E-state index contributed by atoms with van der Waals surface area (Å²) in [6.45, 7) is 3.51. The summed E-state index contributed by atoms with van der Waals surface area (Å²) in [5.74, 6) is 0. The molecule has 98 valence electrons. The van der Waals surface area contributed by atoms with Crippen molar-refractivity contribution in [3.8, 4) is 0 Å². The Morgan fingerprint density at radius 1 is 1.28 bits per heavy atom. The molecule has 1 aromatic carbocycles. The zero-order valence-corrected chi connectivity index (χ0v) is 10.7. The molecule has 0 unspecified atom stereocenters. The molecule has 1 aliphatic heterocycles. The summed E-state index contributed by atoms with van der Waals surface area (Å²) in [4.78, 5) is 15.1. The molecule has 0 atom stereocenters. The molecular weight excluding hydrogens is 232 g/mol. The molecule has 1 fully saturated rings. The van der Waals surface area contributed by atoms with Crippen molar-refractivity contribution in [2.75, 3.05) is 50.5 Å². The molecule has 0 bridgehead atoms. The Morgan fingerprint density at radius 3 is 2.50 bits per heavy atom. The summed E-state index contributed by atoms with van der Waals surface area (Å²) < 4.78 is 0. The minimum absolute atomic E-state index is 0.179. The lowest BCUT2D eigenvalue weighted by Gasteiger charge is -2.33. The average Bonchev–Trinajstić information content (AvgIpc) is 2.38. The second-order valence-corrected chi connectivity index (χ2v) is 4.50. The van der Waals surface area contributed by atoms with Crippen LogP contribution < -0.4 is 10.2 Å². The number of anilines is 2. The van der Waals surface area contributed by atoms with Gasteiger partial charge in [0.25, 0.3) is 5.69 Å². The number of rotatable bonds is 3. The molecule has 1 N–H and O–H groups in total. The Morgan fingerprint density at radius 2 is 1.94 bits per heavy atom. The highest BCUT2D eigenvalue weighted by Crippen LogP contribution is 2.31. The fraction of sp³-hybridized carbons (Fsp3) is 0.500. The molecule has 18 heavy (non-hydrogen) atoms. The predicted octanol–water partition coefficient (Wildman–Crippen LogP) is 1.39. The Hall–Kier alpha value is -1.82. The maximum atomic E-state index is 11.1. The summed E-state index contributed by atoms with van der Waals surface area (Å²) in [7, 11) is 3.88. The van der Waals surface area contributed by atoms with Crippen molar-refractivity contribution in [3.63, 3.8) is 0 Å². The molecule has 1 aliphatic rings. The van der Waals surface area contributed by atoms with E-state index in [0.29, 0.717) is 5.69 Å². The second-order valence-electron chi connectivity index (χ2n) is 4.50. The first kappa shape index (κ1) is 12.6. The van der Waals surface area contributed by atoms with Crippen LogP contribution >= 0.6 is 0 Å². The van der Waals surface area contributed by atoms with Gasteiger partial charge in [0.15, 0.2) is 0 Å². The normalized spacial score (nSPS) is 16.7. The van der Waals surface area contributed by atoms with Crippen LogP contribution in [0.25, 0.3) is 0 Å². The van der Waals surface area contributed by atoms with Crippen LogP contribution in [0, 0.1) is 10.1 Å². The third-order valence-electron chi connectivity index (χ3n) is 3.30. The first-order valence-electron chi connectivity index (χ1n) is 6.01. The first-order chi connectivity index (χ1) is 8.61. The number of nitro benzene ring substituents is 1. The molecule has 0 aromatic heterocycles. The summed E-state index contributed by atoms with van der Waals surface area (Å²) in [6.07, 6.45) is 0. The number of benzene rings is 1. The molecule has 1 saturated heterocycles. The van der Waals surface area contributed by atoms with Crippen LogP contribution in [-0.4, -0.2) is 50.1 Å². The van der Waals surface area contributed by atoms with Crippen LogP contribution in [0.1, 0.15) is 0 Å². The summed E-state index contributed by atoms with van der Waals surface area (Å²) >= 11 is 0. The summed E-state index contributed by atoms with van der Waals surface area (Å²) in [6, 6.07) is 5.15. The second kappa shape index (κ2) is 5.22. The standard InChI is InChI=1S/C12H18N4O2/c1-13-10-3-4-11(16(17)18)12(9-10)15-7-5-14(2)6-8-15/h3-4,9,13H,5-8H2,1-2H3. The van der Waals surface area contributed by atoms with Crippen LogP contribution in [0.15, 0.2) is 18.2 Å². The van der Waals surface area contributed by atoms with Crippen LogP contribution in [0.2, 0.25) is 0 Å². The van der Waals surface area contributed by atoms with Crippen LogP contribution in [-0.2, 0) is 0 Å². The van der Waals surface area contributed by atoms with Crippen LogP contribution in [0.4, 0.5) is 17.1 Å². The van der Waals surface area contributed by atoms with E-state index in [1.807, 2.05) is 13.1 Å². The number of piperazine rings is 1. The minimum atomic E-state index is -0.312. The molecule has 0 saturated carbocycles. The average molecular weight is 250 g/mol. The van der Waals surface area contributed by atoms with Crippen molar-refractivity contribution in [3.05, 3.63) is 28.3 Å². The van der Waals surface area contributed by atoms with Gasteiger partial charge in [-0.15, -0.1) is 0 Å². The van der Waals surface area contributed by atoms with Gasteiger partial charge in [0.1, 0.15) is 5.69 Å². The number of likely N-dealkylation sites (N-methyl/N-ethyl adjacent to an activating group) is 1. The van der Waals surface area contributed by atoms with Crippen molar-refractivity contribution >= 4 is 17.1 Å². The molecule has 0 aliphatic carbocycles. The lowest BCUT2D eigenvalue weighted by molar-refractivity contribution is -0.384. The monoisotopic (exact) mass is 250 g/mol. The Balaban J connectivity index is 2.31. The molecule has 0 amide bonds. The van der Waals surface area contributed by atoms with Gasteiger partial charge in [-0.25, -0.2) is 0 Å². The van der Waals surface area contributed by atoms with Gasteiger partial charge in [-0.3, -0.25) is 10.1 Å². The van der Waals surface area contributed by atoms with E-state index in [2.05, 4.69) is 22.2 Å². The fourth-order valence-corrected chi connectivity index (χ4v) is 2.13. The van der Waals surface area contributed by atoms with Crippen molar-refractivity contribution in [2.24, 2.45) is 0 Å². The fourth-order valence-electron chi connectivity index (χ4n) is 2.13. The third-order valence-corrected chi connectivity index (χ3v) is 3.30. The van der Waals surface area contributed by atoms with E-state index in [0.717, 1.165) is 31.9 Å². The minimum Gasteiger partial charge on any atom is -0.388 e. The van der Waals surface area contributed by atoms with Gasteiger partial charge >= 0.3 is 0 Å². The maximum absolute atomic E-state index is 11.1. The van der Waals surface area contributed by atoms with Crippen molar-refractivity contribution in [2.45, 2.75) is 0 Å². The van der Waals surface area contributed by atoms with Gasteiger partial charge in [0, 0.05) is 45.0 Å². The van der Waals surface area contributed by atoms with Crippen LogP contribution in [0.3, 0.4) is 0 Å². The summed E-state index contributed by atoms with van der Waals surface area (Å²) in [5.41, 5.74) is 1.79. The van der Waals surface area contributed by atoms with Gasteiger partial charge in [-0.2, -0.15) is 0 Å². The number of hydrogen-bond donors (Lipinski definition) is 1. The Bertz CT molecular complexity index is 442. The molecule has 0 radical (unpaired) electrons. The van der Waals surface area contributed by atoms with E-state index in [4.69, 9.17) is 0 Å². The van der Waals surface area contributed by atoms with E-state index in [-0.39, 0.29) is 10.6 Å². The van der Waals surface area contributed by atoms with Crippen LogP contribution in [0.5, 0.6) is 0 Å². The van der Waals surface area contributed by atoms with E-state index in [9.17, 15) is 10.1 Å². The van der Waals surface area contributed by atoms with Gasteiger partial charge in [-0.05, 0) is 19.2 Å². The van der Waals surface area contributed by atoms with E-state index in [1.165, 1.54) is 0 Å². The quantitative estimate of drug-likeness (QED) is 0.649. The predicted molar refractivity (Wildman–Crippen MR) is 72.4 cm³/mol. The first-order valence-corrected chi connectivity index (χ1v) is 6.01. The van der Waals surface area contributed by atoms with Gasteiger partial charge in [0.2, 0.25) is 0 Å². The number of nitro groups is 1. The van der Waals surface area contributed by atoms with E-state index >= 15 is 0 Å². The molecule has 6 nitrogen and oxygen atoms in total. The van der Waals surface area contributed by atoms with Gasteiger partial charge in [0.05, 0.1) is 4.92 Å². The van der Waals surface area contributed by atoms with Gasteiger partial charge < -0.3 is 15.1 Å². The van der Waals surface area contributed by atoms with E-state index in [1.54, 1.807) is 12.1 Å². The number of nitrogens with one attached hydrogen (secondary N) is 1. The lowest BCUT2D eigenvalue weighted by Crippen LogP contribution is -2.44. The van der Waals surface area contributed by atoms with Crippen molar-refractivity contribution < 1.29 is 4.92 Å². The highest BCUT2D eigenvalue weighted by atomic mass is 16.6. The largest absolute Gasteiger partial charge is 0.388 e. The number of hydrogen-bond acceptors (Lipinski definition) is 5. The molecule has 1 aromatic rings. The highest BCUT2D eigenvalue weighted by molar-refractivity contribution is 5.69.